The minimum Gasteiger partial charge on any atom is -0.366 e. The Labute approximate surface area is 157 Å². The Morgan fingerprint density at radius 3 is 2.44 bits per heavy atom. The summed E-state index contributed by atoms with van der Waals surface area (Å²) in [4.78, 5) is 25.3. The topological polar surface area (TPSA) is 80.4 Å². The molecule has 2 heterocycles. The zero-order valence-corrected chi connectivity index (χ0v) is 14.8. The van der Waals surface area contributed by atoms with Gasteiger partial charge in [0.15, 0.2) is 0 Å². The quantitative estimate of drug-likeness (QED) is 0.830. The van der Waals surface area contributed by atoms with E-state index in [1.807, 2.05) is 11.4 Å². The van der Waals surface area contributed by atoms with E-state index < -0.39 is 24.7 Å². The first-order valence-corrected chi connectivity index (χ1v) is 8.42. The standard InChI is InChI=1S/C17H16ClF3N4O2/c18-14-12(10-4-2-1-3-5-10)13(15(22)26)11-8-24(6-7-25(11)14)16(27)23-9-17(19,20)21/h1-5H,6-9H2,(H2,22,26)(H,23,27). The maximum Gasteiger partial charge on any atom is 0.405 e. The van der Waals surface area contributed by atoms with E-state index in [1.165, 1.54) is 4.90 Å². The predicted octanol–water partition coefficient (Wildman–Crippen LogP) is 2.99. The zero-order chi connectivity index (χ0) is 19.8. The molecule has 0 aliphatic carbocycles. The van der Waals surface area contributed by atoms with Gasteiger partial charge in [-0.1, -0.05) is 41.9 Å². The first kappa shape index (κ1) is 19.1. The number of carbonyl (C=O) groups is 2. The van der Waals surface area contributed by atoms with Crippen molar-refractivity contribution >= 4 is 23.5 Å². The average molecular weight is 401 g/mol. The van der Waals surface area contributed by atoms with E-state index in [9.17, 15) is 22.8 Å². The van der Waals surface area contributed by atoms with Crippen LogP contribution in [0.2, 0.25) is 5.15 Å². The Morgan fingerprint density at radius 2 is 1.85 bits per heavy atom. The predicted molar refractivity (Wildman–Crippen MR) is 93.3 cm³/mol. The molecule has 0 fully saturated rings. The van der Waals surface area contributed by atoms with E-state index in [4.69, 9.17) is 17.3 Å². The highest BCUT2D eigenvalue weighted by atomic mass is 35.5. The van der Waals surface area contributed by atoms with E-state index in [0.717, 1.165) is 0 Å². The second kappa shape index (κ2) is 7.15. The number of aromatic nitrogens is 1. The molecule has 144 valence electrons. The van der Waals surface area contributed by atoms with Crippen LogP contribution >= 0.6 is 11.6 Å². The Kier molecular flexibility index (Phi) is 5.05. The Morgan fingerprint density at radius 1 is 1.19 bits per heavy atom. The van der Waals surface area contributed by atoms with Gasteiger partial charge in [-0.3, -0.25) is 4.79 Å². The molecule has 1 aliphatic heterocycles. The fraction of sp³-hybridized carbons (Fsp3) is 0.294. The Hall–Kier alpha value is -2.68. The summed E-state index contributed by atoms with van der Waals surface area (Å²) in [6, 6.07) is 8.05. The molecule has 1 aromatic carbocycles. The summed E-state index contributed by atoms with van der Waals surface area (Å²) >= 11 is 6.46. The van der Waals surface area contributed by atoms with Gasteiger partial charge in [-0.25, -0.2) is 4.79 Å². The normalized spacial score (nSPS) is 14.0. The lowest BCUT2D eigenvalue weighted by Crippen LogP contribution is -2.46. The van der Waals surface area contributed by atoms with Crippen LogP contribution in [-0.4, -0.2) is 40.7 Å². The number of primary amides is 1. The maximum atomic E-state index is 12.3. The number of nitrogens with two attached hydrogens (primary N) is 1. The molecule has 0 unspecified atom stereocenters. The molecule has 0 atom stereocenters. The van der Waals surface area contributed by atoms with Gasteiger partial charge in [-0.2, -0.15) is 13.2 Å². The highest BCUT2D eigenvalue weighted by Gasteiger charge is 2.33. The van der Waals surface area contributed by atoms with Gasteiger partial charge in [0.2, 0.25) is 0 Å². The summed E-state index contributed by atoms with van der Waals surface area (Å²) in [5, 5.41) is 2.13. The van der Waals surface area contributed by atoms with Crippen LogP contribution in [0.15, 0.2) is 30.3 Å². The van der Waals surface area contributed by atoms with Crippen molar-refractivity contribution in [1.29, 1.82) is 0 Å². The van der Waals surface area contributed by atoms with E-state index in [1.54, 1.807) is 28.8 Å². The molecule has 3 N–H and O–H groups in total. The molecule has 1 aliphatic rings. The van der Waals surface area contributed by atoms with Gasteiger partial charge in [0.05, 0.1) is 17.8 Å². The lowest BCUT2D eigenvalue weighted by Gasteiger charge is -2.29. The van der Waals surface area contributed by atoms with Crippen LogP contribution in [0.4, 0.5) is 18.0 Å². The SMILES string of the molecule is NC(=O)c1c(-c2ccccc2)c(Cl)n2c1CN(C(=O)NCC(F)(F)F)CC2. The highest BCUT2D eigenvalue weighted by molar-refractivity contribution is 6.33. The lowest BCUT2D eigenvalue weighted by atomic mass is 10.0. The Bertz CT molecular complexity index is 881. The molecule has 3 amide bonds. The number of alkyl halides is 3. The molecule has 0 radical (unpaired) electrons. The van der Waals surface area contributed by atoms with Gasteiger partial charge >= 0.3 is 12.2 Å². The lowest BCUT2D eigenvalue weighted by molar-refractivity contribution is -0.123. The molecule has 6 nitrogen and oxygen atoms in total. The summed E-state index contributed by atoms with van der Waals surface area (Å²) in [6.07, 6.45) is -4.51. The molecule has 0 spiro atoms. The van der Waals surface area contributed by atoms with Crippen molar-refractivity contribution in [2.24, 2.45) is 5.73 Å². The molecule has 0 bridgehead atoms. The first-order chi connectivity index (χ1) is 12.7. The van der Waals surface area contributed by atoms with Crippen molar-refractivity contribution in [2.75, 3.05) is 13.1 Å². The van der Waals surface area contributed by atoms with Gasteiger partial charge in [-0.15, -0.1) is 0 Å². The number of halogens is 4. The minimum atomic E-state index is -4.51. The van der Waals surface area contributed by atoms with E-state index in [2.05, 4.69) is 0 Å². The number of hydrogen-bond acceptors (Lipinski definition) is 2. The third-order valence-corrected chi connectivity index (χ3v) is 4.67. The van der Waals surface area contributed by atoms with Crippen LogP contribution in [0.1, 0.15) is 16.1 Å². The number of nitrogens with zero attached hydrogens (tertiary/aromatic N) is 2. The van der Waals surface area contributed by atoms with Crippen LogP contribution < -0.4 is 11.1 Å². The van der Waals surface area contributed by atoms with E-state index in [0.29, 0.717) is 22.0 Å². The third kappa shape index (κ3) is 3.87. The van der Waals surface area contributed by atoms with Crippen molar-refractivity contribution in [2.45, 2.75) is 19.3 Å². The largest absolute Gasteiger partial charge is 0.405 e. The number of benzene rings is 1. The van der Waals surface area contributed by atoms with Gasteiger partial charge in [-0.05, 0) is 5.56 Å². The van der Waals surface area contributed by atoms with Gasteiger partial charge in [0, 0.05) is 18.7 Å². The van der Waals surface area contributed by atoms with Crippen LogP contribution in [0.25, 0.3) is 11.1 Å². The molecular weight excluding hydrogens is 385 g/mol. The zero-order valence-electron chi connectivity index (χ0n) is 14.0. The molecule has 1 aromatic heterocycles. The third-order valence-electron chi connectivity index (χ3n) is 4.28. The van der Waals surface area contributed by atoms with Crippen LogP contribution in [0.5, 0.6) is 0 Å². The van der Waals surface area contributed by atoms with Gasteiger partial charge in [0.25, 0.3) is 5.91 Å². The number of carbonyl (C=O) groups excluding carboxylic acids is 2. The molecule has 2 aromatic rings. The molecule has 0 saturated carbocycles. The molecule has 3 rings (SSSR count). The summed E-state index contributed by atoms with van der Waals surface area (Å²) in [7, 11) is 0. The first-order valence-electron chi connectivity index (χ1n) is 8.04. The number of hydrogen-bond donors (Lipinski definition) is 2. The monoisotopic (exact) mass is 400 g/mol. The fourth-order valence-corrected chi connectivity index (χ4v) is 3.50. The number of urea groups is 1. The highest BCUT2D eigenvalue weighted by Crippen LogP contribution is 2.38. The molecule has 10 heteroatoms. The molecule has 27 heavy (non-hydrogen) atoms. The number of rotatable bonds is 3. The summed E-state index contributed by atoms with van der Waals surface area (Å²) in [5.74, 6) is -0.720. The van der Waals surface area contributed by atoms with E-state index in [-0.39, 0.29) is 25.2 Å². The van der Waals surface area contributed by atoms with Gasteiger partial charge < -0.3 is 20.5 Å². The van der Waals surface area contributed by atoms with Crippen LogP contribution in [0, 0.1) is 0 Å². The smallest absolute Gasteiger partial charge is 0.366 e. The number of fused-ring (bicyclic) bond motifs is 1. The van der Waals surface area contributed by atoms with Crippen molar-refractivity contribution in [3.63, 3.8) is 0 Å². The van der Waals surface area contributed by atoms with Crippen molar-refractivity contribution in [1.82, 2.24) is 14.8 Å². The molecular formula is C17H16ClF3N4O2. The number of nitrogens with one attached hydrogen (secondary N) is 1. The Balaban J connectivity index is 1.95. The summed E-state index contributed by atoms with van der Waals surface area (Å²) < 4.78 is 38.6. The fourth-order valence-electron chi connectivity index (χ4n) is 3.11. The molecule has 0 saturated heterocycles. The minimum absolute atomic E-state index is 0.0749. The maximum absolute atomic E-state index is 12.3. The van der Waals surface area contributed by atoms with Crippen LogP contribution in [0.3, 0.4) is 0 Å². The van der Waals surface area contributed by atoms with Crippen molar-refractivity contribution in [3.8, 4) is 11.1 Å². The van der Waals surface area contributed by atoms with E-state index >= 15 is 0 Å². The second-order valence-electron chi connectivity index (χ2n) is 6.06. The summed E-state index contributed by atoms with van der Waals surface area (Å²) in [6.45, 7) is -1.12. The van der Waals surface area contributed by atoms with Crippen LogP contribution in [-0.2, 0) is 13.1 Å². The van der Waals surface area contributed by atoms with Crippen molar-refractivity contribution in [3.05, 3.63) is 46.7 Å². The second-order valence-corrected chi connectivity index (χ2v) is 6.42. The van der Waals surface area contributed by atoms with Gasteiger partial charge in [0.1, 0.15) is 11.7 Å². The number of amides is 3. The average Bonchev–Trinajstić information content (AvgIpc) is 2.92. The van der Waals surface area contributed by atoms with Crippen molar-refractivity contribution < 1.29 is 22.8 Å². The summed E-state index contributed by atoms with van der Waals surface area (Å²) in [5.41, 5.74) is 7.26.